The number of ether oxygens (including phenoxy) is 1. The van der Waals surface area contributed by atoms with Crippen molar-refractivity contribution in [2.24, 2.45) is 0 Å². The van der Waals surface area contributed by atoms with Gasteiger partial charge in [-0.1, -0.05) is 55.1 Å². The lowest BCUT2D eigenvalue weighted by molar-refractivity contribution is -0.131. The molecule has 2 aliphatic rings. The molecule has 2 saturated heterocycles. The molecule has 2 fully saturated rings. The van der Waals surface area contributed by atoms with Gasteiger partial charge in [0.25, 0.3) is 5.91 Å². The number of morpholine rings is 1. The first-order valence-corrected chi connectivity index (χ1v) is 10.1. The van der Waals surface area contributed by atoms with Crippen LogP contribution in [0.15, 0.2) is 66.9 Å². The Morgan fingerprint density at radius 3 is 2.43 bits per heavy atom. The second-order valence-corrected chi connectivity index (χ2v) is 7.96. The summed E-state index contributed by atoms with van der Waals surface area (Å²) in [5, 5.41) is 0. The number of benzene rings is 2. The highest BCUT2D eigenvalue weighted by molar-refractivity contribution is 6.05. The molecular formula is C24H28N2O2. The Labute approximate surface area is 167 Å². The molecule has 4 heteroatoms. The summed E-state index contributed by atoms with van der Waals surface area (Å²) < 4.78 is 6.12. The van der Waals surface area contributed by atoms with Crippen LogP contribution in [0.2, 0.25) is 0 Å². The minimum atomic E-state index is -0.323. The summed E-state index contributed by atoms with van der Waals surface area (Å²) >= 11 is 0. The number of aryl methyl sites for hydroxylation is 1. The standard InChI is InChI=1S/C24H28N2O2/c1-19-8-6-7-11-22(19)26-18-24(28-20(2)23(26)27)13-16-25(17-14-24)15-12-21-9-4-3-5-10-21/h3-11H,2,12-18H2,1H3. The van der Waals surface area contributed by atoms with Crippen LogP contribution in [-0.2, 0) is 16.0 Å². The van der Waals surface area contributed by atoms with Crippen molar-refractivity contribution in [1.29, 1.82) is 0 Å². The summed E-state index contributed by atoms with van der Waals surface area (Å²) in [6, 6.07) is 18.7. The van der Waals surface area contributed by atoms with Crippen LogP contribution in [0, 0.1) is 6.92 Å². The van der Waals surface area contributed by atoms with Crippen LogP contribution in [0.3, 0.4) is 0 Å². The van der Waals surface area contributed by atoms with E-state index in [0.717, 1.165) is 50.1 Å². The van der Waals surface area contributed by atoms with Crippen LogP contribution < -0.4 is 4.90 Å². The maximum absolute atomic E-state index is 12.7. The summed E-state index contributed by atoms with van der Waals surface area (Å²) in [6.07, 6.45) is 2.89. The second-order valence-electron chi connectivity index (χ2n) is 7.96. The van der Waals surface area contributed by atoms with Gasteiger partial charge in [0.15, 0.2) is 5.76 Å². The van der Waals surface area contributed by atoms with E-state index in [0.29, 0.717) is 6.54 Å². The second kappa shape index (κ2) is 7.80. The van der Waals surface area contributed by atoms with E-state index in [9.17, 15) is 4.79 Å². The van der Waals surface area contributed by atoms with E-state index in [4.69, 9.17) is 4.74 Å². The van der Waals surface area contributed by atoms with Crippen molar-refractivity contribution in [3.63, 3.8) is 0 Å². The zero-order valence-electron chi connectivity index (χ0n) is 16.6. The summed E-state index contributed by atoms with van der Waals surface area (Å²) in [4.78, 5) is 17.1. The van der Waals surface area contributed by atoms with Gasteiger partial charge in [-0.05, 0) is 30.5 Å². The van der Waals surface area contributed by atoms with Gasteiger partial charge in [-0.15, -0.1) is 0 Å². The van der Waals surface area contributed by atoms with Crippen molar-refractivity contribution in [2.45, 2.75) is 31.8 Å². The molecule has 2 heterocycles. The molecule has 0 unspecified atom stereocenters. The SMILES string of the molecule is C=C1OC2(CCN(CCc3ccccc3)CC2)CN(c2ccccc2C)C1=O. The highest BCUT2D eigenvalue weighted by Gasteiger charge is 2.45. The number of hydrogen-bond donors (Lipinski definition) is 0. The van der Waals surface area contributed by atoms with Crippen LogP contribution >= 0.6 is 0 Å². The van der Waals surface area contributed by atoms with E-state index in [1.54, 1.807) is 0 Å². The predicted molar refractivity (Wildman–Crippen MR) is 112 cm³/mol. The lowest BCUT2D eigenvalue weighted by Crippen LogP contribution is -2.58. The molecule has 1 amide bonds. The number of anilines is 1. The van der Waals surface area contributed by atoms with Crippen LogP contribution in [0.1, 0.15) is 24.0 Å². The van der Waals surface area contributed by atoms with E-state index in [1.807, 2.05) is 36.1 Å². The Morgan fingerprint density at radius 2 is 1.71 bits per heavy atom. The first-order valence-electron chi connectivity index (χ1n) is 10.1. The van der Waals surface area contributed by atoms with Crippen LogP contribution in [-0.4, -0.2) is 42.6 Å². The lowest BCUT2D eigenvalue weighted by atomic mass is 9.88. The fraction of sp³-hybridized carbons (Fsp3) is 0.375. The number of hydrogen-bond acceptors (Lipinski definition) is 3. The van der Waals surface area contributed by atoms with Gasteiger partial charge in [-0.3, -0.25) is 4.79 Å². The van der Waals surface area contributed by atoms with Gasteiger partial charge in [-0.25, -0.2) is 0 Å². The Balaban J connectivity index is 1.42. The molecule has 2 aromatic carbocycles. The number of likely N-dealkylation sites (tertiary alicyclic amines) is 1. The maximum Gasteiger partial charge on any atom is 0.292 e. The molecule has 0 bridgehead atoms. The number of carbonyl (C=O) groups excluding carboxylic acids is 1. The average Bonchev–Trinajstić information content (AvgIpc) is 2.72. The van der Waals surface area contributed by atoms with Crippen molar-refractivity contribution in [1.82, 2.24) is 4.90 Å². The minimum Gasteiger partial charge on any atom is -0.480 e. The van der Waals surface area contributed by atoms with Crippen LogP contribution in [0.4, 0.5) is 5.69 Å². The van der Waals surface area contributed by atoms with Crippen molar-refractivity contribution < 1.29 is 9.53 Å². The molecule has 0 aliphatic carbocycles. The molecule has 0 radical (unpaired) electrons. The topological polar surface area (TPSA) is 32.8 Å². The normalized spacial score (nSPS) is 19.7. The van der Waals surface area contributed by atoms with E-state index in [1.165, 1.54) is 5.56 Å². The average molecular weight is 377 g/mol. The van der Waals surface area contributed by atoms with Crippen molar-refractivity contribution in [3.8, 4) is 0 Å². The third-order valence-corrected chi connectivity index (χ3v) is 6.00. The molecule has 0 saturated carbocycles. The molecule has 2 aliphatic heterocycles. The molecule has 4 nitrogen and oxygen atoms in total. The molecule has 0 atom stereocenters. The fourth-order valence-corrected chi connectivity index (χ4v) is 4.28. The molecule has 146 valence electrons. The third-order valence-electron chi connectivity index (χ3n) is 6.00. The van der Waals surface area contributed by atoms with E-state index < -0.39 is 0 Å². The number of rotatable bonds is 4. The lowest BCUT2D eigenvalue weighted by Gasteiger charge is -2.47. The van der Waals surface area contributed by atoms with Crippen molar-refractivity contribution in [2.75, 3.05) is 31.1 Å². The van der Waals surface area contributed by atoms with E-state index >= 15 is 0 Å². The predicted octanol–water partition coefficient (Wildman–Crippen LogP) is 3.95. The number of nitrogens with zero attached hydrogens (tertiary/aromatic N) is 2. The molecular weight excluding hydrogens is 348 g/mol. The summed E-state index contributed by atoms with van der Waals surface area (Å²) in [7, 11) is 0. The maximum atomic E-state index is 12.7. The molecule has 0 aromatic heterocycles. The Bertz CT molecular complexity index is 854. The fourth-order valence-electron chi connectivity index (χ4n) is 4.28. The number of amides is 1. The highest BCUT2D eigenvalue weighted by atomic mass is 16.5. The first kappa shape index (κ1) is 18.8. The summed E-state index contributed by atoms with van der Waals surface area (Å²) in [5.41, 5.74) is 3.11. The van der Waals surface area contributed by atoms with Gasteiger partial charge in [0, 0.05) is 38.2 Å². The van der Waals surface area contributed by atoms with Gasteiger partial charge in [0.05, 0.1) is 6.54 Å². The molecule has 2 aromatic rings. The smallest absolute Gasteiger partial charge is 0.292 e. The van der Waals surface area contributed by atoms with E-state index in [-0.39, 0.29) is 17.3 Å². The third kappa shape index (κ3) is 3.83. The molecule has 28 heavy (non-hydrogen) atoms. The van der Waals surface area contributed by atoms with Gasteiger partial charge >= 0.3 is 0 Å². The number of para-hydroxylation sites is 1. The molecule has 4 rings (SSSR count). The van der Waals surface area contributed by atoms with Gasteiger partial charge in [0.1, 0.15) is 5.60 Å². The van der Waals surface area contributed by atoms with E-state index in [2.05, 4.69) is 41.8 Å². The van der Waals surface area contributed by atoms with Gasteiger partial charge in [0.2, 0.25) is 0 Å². The van der Waals surface area contributed by atoms with Crippen molar-refractivity contribution >= 4 is 11.6 Å². The van der Waals surface area contributed by atoms with Crippen molar-refractivity contribution in [3.05, 3.63) is 78.1 Å². The summed E-state index contributed by atoms with van der Waals surface area (Å²) in [5.74, 6) is 0.152. The number of piperidine rings is 1. The zero-order valence-corrected chi connectivity index (χ0v) is 16.6. The molecule has 1 spiro atoms. The molecule has 0 N–H and O–H groups in total. The van der Waals surface area contributed by atoms with Gasteiger partial charge < -0.3 is 14.5 Å². The van der Waals surface area contributed by atoms with Gasteiger partial charge in [-0.2, -0.15) is 0 Å². The Morgan fingerprint density at radius 1 is 1.04 bits per heavy atom. The summed E-state index contributed by atoms with van der Waals surface area (Å²) in [6.45, 7) is 9.58. The quantitative estimate of drug-likeness (QED) is 0.758. The largest absolute Gasteiger partial charge is 0.480 e. The minimum absolute atomic E-state index is 0.119. The Kier molecular flexibility index (Phi) is 5.23. The monoisotopic (exact) mass is 376 g/mol. The zero-order chi connectivity index (χ0) is 19.6. The highest BCUT2D eigenvalue weighted by Crippen LogP contribution is 2.36. The van der Waals surface area contributed by atoms with Crippen LogP contribution in [0.5, 0.6) is 0 Å². The van der Waals surface area contributed by atoms with Crippen LogP contribution in [0.25, 0.3) is 0 Å². The first-order chi connectivity index (χ1) is 13.6. The Hall–Kier alpha value is -2.59. The number of carbonyl (C=O) groups is 1.